The van der Waals surface area contributed by atoms with Crippen molar-refractivity contribution >= 4 is 38.7 Å². The van der Waals surface area contributed by atoms with Crippen molar-refractivity contribution in [3.8, 4) is 0 Å². The summed E-state index contributed by atoms with van der Waals surface area (Å²) < 4.78 is 0.696. The molecule has 1 saturated carbocycles. The molecule has 0 atom stereocenters. The van der Waals surface area contributed by atoms with Gasteiger partial charge in [0.1, 0.15) is 4.60 Å². The lowest BCUT2D eigenvalue weighted by atomic mass is 9.85. The van der Waals surface area contributed by atoms with E-state index in [2.05, 4.69) is 26.1 Å². The highest BCUT2D eigenvalue weighted by Gasteiger charge is 2.28. The molecule has 0 saturated heterocycles. The van der Waals surface area contributed by atoms with Gasteiger partial charge in [0, 0.05) is 30.5 Å². The third-order valence-corrected chi connectivity index (χ3v) is 6.35. The van der Waals surface area contributed by atoms with Gasteiger partial charge in [0.25, 0.3) is 5.91 Å². The zero-order valence-electron chi connectivity index (χ0n) is 13.6. The average molecular weight is 420 g/mol. The van der Waals surface area contributed by atoms with Crippen LogP contribution in [0.1, 0.15) is 40.9 Å². The van der Waals surface area contributed by atoms with Gasteiger partial charge in [-0.1, -0.05) is 36.4 Å². The number of carbonyl (C=O) groups excluding carboxylic acids is 2. The first kappa shape index (κ1) is 16.8. The van der Waals surface area contributed by atoms with E-state index in [-0.39, 0.29) is 11.0 Å². The van der Waals surface area contributed by atoms with Gasteiger partial charge < -0.3 is 4.90 Å². The molecular formula is C18H18BrN3O2S. The third kappa shape index (κ3) is 3.53. The molecule has 0 radical (unpaired) electrons. The Morgan fingerprint density at radius 1 is 1.40 bits per heavy atom. The van der Waals surface area contributed by atoms with Crippen molar-refractivity contribution in [3.63, 3.8) is 0 Å². The Morgan fingerprint density at radius 3 is 2.92 bits per heavy atom. The van der Waals surface area contributed by atoms with Crippen molar-refractivity contribution in [2.45, 2.75) is 37.1 Å². The van der Waals surface area contributed by atoms with Crippen LogP contribution in [0.15, 0.2) is 33.8 Å². The van der Waals surface area contributed by atoms with E-state index in [9.17, 15) is 9.59 Å². The minimum Gasteiger partial charge on any atom is -0.333 e. The number of H-pyrrole nitrogens is 1. The summed E-state index contributed by atoms with van der Waals surface area (Å²) in [6, 6.07) is 7.71. The SMILES string of the molecule is O=C1Cc2cccc(CN(CC3CCC3)C(=O)c3cc(Br)[nH]n3)c2S1. The second kappa shape index (κ2) is 6.96. The highest BCUT2D eigenvalue weighted by Crippen LogP contribution is 2.36. The largest absolute Gasteiger partial charge is 0.333 e. The van der Waals surface area contributed by atoms with Crippen LogP contribution in [0.4, 0.5) is 0 Å². The number of aromatic nitrogens is 2. The van der Waals surface area contributed by atoms with E-state index < -0.39 is 0 Å². The molecule has 1 aromatic carbocycles. The van der Waals surface area contributed by atoms with Gasteiger partial charge >= 0.3 is 0 Å². The monoisotopic (exact) mass is 419 g/mol. The number of benzene rings is 1. The van der Waals surface area contributed by atoms with E-state index >= 15 is 0 Å². The normalized spacial score (nSPS) is 16.6. The molecular weight excluding hydrogens is 402 g/mol. The van der Waals surface area contributed by atoms with E-state index in [1.807, 2.05) is 23.1 Å². The predicted molar refractivity (Wildman–Crippen MR) is 99.4 cm³/mol. The van der Waals surface area contributed by atoms with Gasteiger partial charge in [-0.3, -0.25) is 14.7 Å². The molecule has 0 unspecified atom stereocenters. The number of thioether (sulfide) groups is 1. The van der Waals surface area contributed by atoms with Crippen LogP contribution < -0.4 is 0 Å². The first-order valence-electron chi connectivity index (χ1n) is 8.42. The Hall–Kier alpha value is -1.60. The molecule has 0 spiro atoms. The van der Waals surface area contributed by atoms with Crippen molar-refractivity contribution in [1.82, 2.24) is 15.1 Å². The minimum atomic E-state index is -0.0687. The fourth-order valence-corrected chi connectivity index (χ4v) is 4.62. The van der Waals surface area contributed by atoms with Crippen molar-refractivity contribution in [3.05, 3.63) is 45.7 Å². The molecule has 1 aliphatic heterocycles. The Kier molecular flexibility index (Phi) is 4.69. The smallest absolute Gasteiger partial charge is 0.274 e. The fraction of sp³-hybridized carbons (Fsp3) is 0.389. The molecule has 2 aromatic rings. The maximum atomic E-state index is 13.0. The number of amides is 1. The number of halogens is 1. The van der Waals surface area contributed by atoms with E-state index in [0.29, 0.717) is 29.2 Å². The fourth-order valence-electron chi connectivity index (χ4n) is 3.32. The molecule has 7 heteroatoms. The molecule has 130 valence electrons. The highest BCUT2D eigenvalue weighted by molar-refractivity contribution is 9.10. The number of hydrogen-bond acceptors (Lipinski definition) is 4. The van der Waals surface area contributed by atoms with E-state index in [0.717, 1.165) is 22.6 Å². The maximum Gasteiger partial charge on any atom is 0.274 e. The van der Waals surface area contributed by atoms with Gasteiger partial charge in [0.15, 0.2) is 10.8 Å². The molecule has 1 fully saturated rings. The second-order valence-electron chi connectivity index (χ2n) is 6.64. The summed E-state index contributed by atoms with van der Waals surface area (Å²) in [6.07, 6.45) is 4.07. The lowest BCUT2D eigenvalue weighted by molar-refractivity contribution is -0.110. The standard InChI is InChI=1S/C18H18BrN3O2S/c19-15-8-14(20-21-15)18(24)22(9-11-3-1-4-11)10-13-6-2-5-12-7-16(23)25-17(12)13/h2,5-6,8,11H,1,3-4,7,9-10H2,(H,20,21). The number of nitrogens with zero attached hydrogens (tertiary/aromatic N) is 2. The average Bonchev–Trinajstić information content (AvgIpc) is 3.14. The predicted octanol–water partition coefficient (Wildman–Crippen LogP) is 3.79. The van der Waals surface area contributed by atoms with Gasteiger partial charge in [-0.15, -0.1) is 0 Å². The van der Waals surface area contributed by atoms with Crippen LogP contribution in [0.2, 0.25) is 0 Å². The van der Waals surface area contributed by atoms with Gasteiger partial charge in [-0.2, -0.15) is 5.10 Å². The molecule has 1 aromatic heterocycles. The summed E-state index contributed by atoms with van der Waals surface area (Å²) in [6.45, 7) is 1.26. The van der Waals surface area contributed by atoms with Gasteiger partial charge in [-0.25, -0.2) is 0 Å². The lowest BCUT2D eigenvalue weighted by Gasteiger charge is -2.32. The minimum absolute atomic E-state index is 0.0687. The van der Waals surface area contributed by atoms with E-state index in [4.69, 9.17) is 0 Å². The quantitative estimate of drug-likeness (QED) is 0.800. The molecule has 2 heterocycles. The summed E-state index contributed by atoms with van der Waals surface area (Å²) in [7, 11) is 0. The molecule has 1 N–H and O–H groups in total. The van der Waals surface area contributed by atoms with Crippen molar-refractivity contribution in [2.24, 2.45) is 5.92 Å². The van der Waals surface area contributed by atoms with Gasteiger partial charge in [0.05, 0.1) is 0 Å². The zero-order chi connectivity index (χ0) is 17.4. The van der Waals surface area contributed by atoms with Crippen LogP contribution in [0.3, 0.4) is 0 Å². The first-order valence-corrected chi connectivity index (χ1v) is 10.0. The zero-order valence-corrected chi connectivity index (χ0v) is 16.0. The Labute approximate surface area is 158 Å². The molecule has 2 aliphatic rings. The topological polar surface area (TPSA) is 66.1 Å². The number of nitrogens with one attached hydrogen (secondary N) is 1. The number of aromatic amines is 1. The summed E-state index contributed by atoms with van der Waals surface area (Å²) in [5.41, 5.74) is 2.55. The maximum absolute atomic E-state index is 13.0. The van der Waals surface area contributed by atoms with Crippen molar-refractivity contribution in [2.75, 3.05) is 6.54 Å². The summed E-state index contributed by atoms with van der Waals surface area (Å²) in [5.74, 6) is 0.498. The molecule has 5 nitrogen and oxygen atoms in total. The number of hydrogen-bond donors (Lipinski definition) is 1. The molecule has 4 rings (SSSR count). The third-order valence-electron chi connectivity index (χ3n) is 4.85. The van der Waals surface area contributed by atoms with Crippen LogP contribution in [-0.4, -0.2) is 32.7 Å². The van der Waals surface area contributed by atoms with Crippen LogP contribution in [0.25, 0.3) is 0 Å². The Balaban J connectivity index is 1.59. The summed E-state index contributed by atoms with van der Waals surface area (Å²) >= 11 is 4.61. The van der Waals surface area contributed by atoms with E-state index in [1.54, 1.807) is 6.07 Å². The molecule has 25 heavy (non-hydrogen) atoms. The molecule has 0 bridgehead atoms. The molecule has 1 aliphatic carbocycles. The molecule has 1 amide bonds. The van der Waals surface area contributed by atoms with Gasteiger partial charge in [-0.05, 0) is 45.8 Å². The second-order valence-corrected chi connectivity index (χ2v) is 8.56. The Bertz CT molecular complexity index is 831. The lowest BCUT2D eigenvalue weighted by Crippen LogP contribution is -2.37. The van der Waals surface area contributed by atoms with Crippen LogP contribution >= 0.6 is 27.7 Å². The van der Waals surface area contributed by atoms with Crippen molar-refractivity contribution < 1.29 is 9.59 Å². The Morgan fingerprint density at radius 2 is 2.24 bits per heavy atom. The van der Waals surface area contributed by atoms with Crippen LogP contribution in [-0.2, 0) is 17.8 Å². The van der Waals surface area contributed by atoms with Crippen LogP contribution in [0.5, 0.6) is 0 Å². The number of carbonyl (C=O) groups is 2. The number of rotatable bonds is 5. The van der Waals surface area contributed by atoms with E-state index in [1.165, 1.54) is 31.0 Å². The summed E-state index contributed by atoms with van der Waals surface area (Å²) in [4.78, 5) is 27.7. The van der Waals surface area contributed by atoms with Crippen LogP contribution in [0, 0.1) is 5.92 Å². The number of fused-ring (bicyclic) bond motifs is 1. The first-order chi connectivity index (χ1) is 12.1. The highest BCUT2D eigenvalue weighted by atomic mass is 79.9. The van der Waals surface area contributed by atoms with Gasteiger partial charge in [0.2, 0.25) is 0 Å². The van der Waals surface area contributed by atoms with Crippen molar-refractivity contribution in [1.29, 1.82) is 0 Å². The summed E-state index contributed by atoms with van der Waals surface area (Å²) in [5, 5.41) is 7.04.